The summed E-state index contributed by atoms with van der Waals surface area (Å²) in [6, 6.07) is 10.6. The Kier molecular flexibility index (Phi) is 5.39. The highest BCUT2D eigenvalue weighted by Crippen LogP contribution is 2.32. The zero-order chi connectivity index (χ0) is 20.4. The second kappa shape index (κ2) is 8.12. The molecular formula is C20H18BrN3O5. The lowest BCUT2D eigenvalue weighted by molar-refractivity contribution is -0.121. The van der Waals surface area contributed by atoms with E-state index in [2.05, 4.69) is 26.2 Å². The molecule has 4 rings (SSSR count). The first-order valence-corrected chi connectivity index (χ1v) is 9.88. The van der Waals surface area contributed by atoms with Gasteiger partial charge in [-0.05, 0) is 42.3 Å². The van der Waals surface area contributed by atoms with Gasteiger partial charge in [0, 0.05) is 24.0 Å². The summed E-state index contributed by atoms with van der Waals surface area (Å²) in [4.78, 5) is 39.6. The Hall–Kier alpha value is -3.07. The van der Waals surface area contributed by atoms with Crippen molar-refractivity contribution in [3.63, 3.8) is 0 Å². The number of H-pyrrole nitrogens is 1. The Balaban J connectivity index is 1.34. The number of hydrogen-bond donors (Lipinski definition) is 2. The van der Waals surface area contributed by atoms with Crippen molar-refractivity contribution in [2.45, 2.75) is 25.9 Å². The van der Waals surface area contributed by atoms with Crippen LogP contribution in [0.15, 0.2) is 50.5 Å². The van der Waals surface area contributed by atoms with Crippen LogP contribution in [-0.4, -0.2) is 22.3 Å². The summed E-state index contributed by atoms with van der Waals surface area (Å²) in [6.45, 7) is 0.726. The van der Waals surface area contributed by atoms with Gasteiger partial charge in [0.1, 0.15) is 0 Å². The van der Waals surface area contributed by atoms with Gasteiger partial charge >= 0.3 is 5.69 Å². The van der Waals surface area contributed by atoms with E-state index >= 15 is 0 Å². The Morgan fingerprint density at radius 2 is 1.97 bits per heavy atom. The third-order valence-electron chi connectivity index (χ3n) is 4.66. The number of hydrogen-bond acceptors (Lipinski definition) is 5. The van der Waals surface area contributed by atoms with E-state index in [1.807, 2.05) is 12.1 Å². The smallest absolute Gasteiger partial charge is 0.328 e. The number of amides is 1. The van der Waals surface area contributed by atoms with Gasteiger partial charge in [-0.3, -0.25) is 14.2 Å². The number of aromatic amines is 1. The van der Waals surface area contributed by atoms with E-state index in [1.165, 1.54) is 0 Å². The third kappa shape index (κ3) is 4.19. The fraction of sp³-hybridized carbons (Fsp3) is 0.250. The van der Waals surface area contributed by atoms with Crippen molar-refractivity contribution in [1.29, 1.82) is 0 Å². The molecule has 0 spiro atoms. The average molecular weight is 460 g/mol. The van der Waals surface area contributed by atoms with Gasteiger partial charge < -0.3 is 19.8 Å². The molecule has 1 aliphatic heterocycles. The van der Waals surface area contributed by atoms with E-state index < -0.39 is 5.69 Å². The van der Waals surface area contributed by atoms with Crippen LogP contribution in [0, 0.1) is 0 Å². The molecule has 1 aliphatic rings. The highest BCUT2D eigenvalue weighted by atomic mass is 79.9. The second-order valence-electron chi connectivity index (χ2n) is 6.64. The van der Waals surface area contributed by atoms with Crippen molar-refractivity contribution < 1.29 is 14.3 Å². The van der Waals surface area contributed by atoms with Crippen LogP contribution in [0.1, 0.15) is 18.4 Å². The van der Waals surface area contributed by atoms with E-state index in [1.54, 1.807) is 24.3 Å². The summed E-state index contributed by atoms with van der Waals surface area (Å²) in [6.07, 6.45) is 0.572. The molecule has 29 heavy (non-hydrogen) atoms. The molecule has 2 N–H and O–H groups in total. The molecule has 0 fully saturated rings. The minimum atomic E-state index is -0.481. The SMILES string of the molecule is O=C(CCCn1c(=O)[nH]c2ccc(Br)cc2c1=O)NCc1ccc2c(c1)OCO2. The van der Waals surface area contributed by atoms with Crippen molar-refractivity contribution in [3.05, 3.63) is 67.3 Å². The monoisotopic (exact) mass is 459 g/mol. The number of aromatic nitrogens is 2. The van der Waals surface area contributed by atoms with Crippen LogP contribution in [0.2, 0.25) is 0 Å². The van der Waals surface area contributed by atoms with Crippen LogP contribution in [-0.2, 0) is 17.9 Å². The number of nitrogens with zero attached hydrogens (tertiary/aromatic N) is 1. The minimum Gasteiger partial charge on any atom is -0.454 e. The summed E-state index contributed by atoms with van der Waals surface area (Å²) < 4.78 is 12.5. The van der Waals surface area contributed by atoms with Gasteiger partial charge in [-0.2, -0.15) is 0 Å². The molecule has 0 radical (unpaired) electrons. The lowest BCUT2D eigenvalue weighted by Crippen LogP contribution is -2.35. The zero-order valence-corrected chi connectivity index (χ0v) is 17.0. The molecule has 0 atom stereocenters. The quantitative estimate of drug-likeness (QED) is 0.588. The number of fused-ring (bicyclic) bond motifs is 2. The minimum absolute atomic E-state index is 0.157. The largest absolute Gasteiger partial charge is 0.454 e. The van der Waals surface area contributed by atoms with Crippen molar-refractivity contribution in [1.82, 2.24) is 14.9 Å². The van der Waals surface area contributed by atoms with Gasteiger partial charge in [0.2, 0.25) is 12.7 Å². The lowest BCUT2D eigenvalue weighted by atomic mass is 10.2. The molecule has 0 aliphatic carbocycles. The molecule has 0 saturated carbocycles. The molecule has 3 aromatic rings. The van der Waals surface area contributed by atoms with Gasteiger partial charge in [-0.15, -0.1) is 0 Å². The Morgan fingerprint density at radius 3 is 2.83 bits per heavy atom. The first kappa shape index (κ1) is 19.3. The normalized spacial score (nSPS) is 12.3. The molecule has 9 heteroatoms. The number of halogens is 1. The van der Waals surface area contributed by atoms with E-state index in [0.717, 1.165) is 14.6 Å². The maximum absolute atomic E-state index is 12.6. The number of rotatable bonds is 6. The molecule has 1 amide bonds. The Morgan fingerprint density at radius 1 is 1.14 bits per heavy atom. The van der Waals surface area contributed by atoms with Gasteiger partial charge in [0.15, 0.2) is 11.5 Å². The van der Waals surface area contributed by atoms with Crippen LogP contribution in [0.5, 0.6) is 11.5 Å². The van der Waals surface area contributed by atoms with Crippen LogP contribution in [0.25, 0.3) is 10.9 Å². The van der Waals surface area contributed by atoms with Gasteiger partial charge in [0.25, 0.3) is 5.56 Å². The van der Waals surface area contributed by atoms with Gasteiger partial charge in [-0.1, -0.05) is 22.0 Å². The molecule has 8 nitrogen and oxygen atoms in total. The summed E-state index contributed by atoms with van der Waals surface area (Å²) in [5, 5.41) is 3.25. The molecule has 2 aromatic carbocycles. The summed E-state index contributed by atoms with van der Waals surface area (Å²) >= 11 is 3.33. The van der Waals surface area contributed by atoms with Gasteiger partial charge in [0.05, 0.1) is 10.9 Å². The van der Waals surface area contributed by atoms with E-state index in [-0.39, 0.29) is 31.2 Å². The Labute approximate surface area is 173 Å². The number of nitrogens with one attached hydrogen (secondary N) is 2. The maximum atomic E-state index is 12.6. The maximum Gasteiger partial charge on any atom is 0.328 e. The predicted molar refractivity (Wildman–Crippen MR) is 110 cm³/mol. The van der Waals surface area contributed by atoms with Crippen molar-refractivity contribution in [3.8, 4) is 11.5 Å². The standard InChI is InChI=1S/C20H18BrN3O5/c21-13-4-5-15-14(9-13)19(26)24(20(27)23-15)7-1-2-18(25)22-10-12-3-6-16-17(8-12)29-11-28-16/h3-6,8-9H,1-2,7,10-11H2,(H,22,25)(H,23,27). The number of benzene rings is 2. The third-order valence-corrected chi connectivity index (χ3v) is 5.15. The summed E-state index contributed by atoms with van der Waals surface area (Å²) in [5.41, 5.74) is 0.535. The van der Waals surface area contributed by atoms with Crippen molar-refractivity contribution in [2.75, 3.05) is 6.79 Å². The Bertz CT molecular complexity index is 1200. The lowest BCUT2D eigenvalue weighted by Gasteiger charge is -2.08. The number of ether oxygens (including phenoxy) is 2. The van der Waals surface area contributed by atoms with Crippen LogP contribution < -0.4 is 26.0 Å². The highest BCUT2D eigenvalue weighted by molar-refractivity contribution is 9.10. The predicted octanol–water partition coefficient (Wildman–Crippen LogP) is 2.28. The van der Waals surface area contributed by atoms with Crippen molar-refractivity contribution in [2.24, 2.45) is 0 Å². The fourth-order valence-electron chi connectivity index (χ4n) is 3.16. The first-order valence-electron chi connectivity index (χ1n) is 9.09. The molecule has 150 valence electrons. The molecule has 1 aromatic heterocycles. The topological polar surface area (TPSA) is 102 Å². The van der Waals surface area contributed by atoms with E-state index in [0.29, 0.717) is 35.4 Å². The molecule has 0 unspecified atom stereocenters. The molecule has 0 bridgehead atoms. The number of carbonyl (C=O) groups is 1. The molecule has 0 saturated heterocycles. The zero-order valence-electron chi connectivity index (χ0n) is 15.4. The summed E-state index contributed by atoms with van der Waals surface area (Å²) in [7, 11) is 0. The number of carbonyl (C=O) groups excluding carboxylic acids is 1. The highest BCUT2D eigenvalue weighted by Gasteiger charge is 2.13. The van der Waals surface area contributed by atoms with E-state index in [9.17, 15) is 14.4 Å². The van der Waals surface area contributed by atoms with E-state index in [4.69, 9.17) is 9.47 Å². The van der Waals surface area contributed by atoms with Crippen LogP contribution in [0.4, 0.5) is 0 Å². The van der Waals surface area contributed by atoms with Crippen LogP contribution in [0.3, 0.4) is 0 Å². The van der Waals surface area contributed by atoms with Gasteiger partial charge in [-0.25, -0.2) is 4.79 Å². The first-order chi connectivity index (χ1) is 14.0. The average Bonchev–Trinajstić information content (AvgIpc) is 3.17. The molecular weight excluding hydrogens is 442 g/mol. The molecule has 2 heterocycles. The second-order valence-corrected chi connectivity index (χ2v) is 7.56. The summed E-state index contributed by atoms with van der Waals surface area (Å²) in [5.74, 6) is 1.20. The van der Waals surface area contributed by atoms with Crippen molar-refractivity contribution >= 4 is 32.7 Å². The fourth-order valence-corrected chi connectivity index (χ4v) is 3.52. The van der Waals surface area contributed by atoms with Crippen LogP contribution >= 0.6 is 15.9 Å².